The largest absolute Gasteiger partial charge is 0.492 e. The molecule has 0 spiro atoms. The second-order valence-electron chi connectivity index (χ2n) is 8.54. The van der Waals surface area contributed by atoms with Crippen LogP contribution in [0, 0.1) is 5.92 Å². The molecule has 1 saturated heterocycles. The van der Waals surface area contributed by atoms with E-state index in [0.29, 0.717) is 12.4 Å². The third-order valence-corrected chi connectivity index (χ3v) is 6.48. The van der Waals surface area contributed by atoms with Crippen LogP contribution in [0.1, 0.15) is 44.9 Å². The van der Waals surface area contributed by atoms with Gasteiger partial charge in [-0.25, -0.2) is 15.0 Å². The maximum absolute atomic E-state index is 12.9. The fourth-order valence-corrected chi connectivity index (χ4v) is 4.80. The Hall–Kier alpha value is -3.16. The van der Waals surface area contributed by atoms with Crippen LogP contribution in [-0.4, -0.2) is 45.1 Å². The number of ether oxygens (including phenoxy) is 1. The van der Waals surface area contributed by atoms with Crippen LogP contribution in [0.5, 0.6) is 5.75 Å². The van der Waals surface area contributed by atoms with Crippen LogP contribution >= 0.6 is 0 Å². The molecule has 1 amide bonds. The van der Waals surface area contributed by atoms with Crippen molar-refractivity contribution in [3.63, 3.8) is 0 Å². The number of para-hydroxylation sites is 2. The van der Waals surface area contributed by atoms with Crippen LogP contribution in [0.25, 0.3) is 11.2 Å². The summed E-state index contributed by atoms with van der Waals surface area (Å²) in [6.45, 7) is 5.04. The highest BCUT2D eigenvalue weighted by atomic mass is 16.5. The van der Waals surface area contributed by atoms with Gasteiger partial charge in [0.05, 0.1) is 12.3 Å². The van der Waals surface area contributed by atoms with Crippen LogP contribution < -0.4 is 15.0 Å². The smallest absolute Gasteiger partial charge is 0.227 e. The van der Waals surface area contributed by atoms with Gasteiger partial charge >= 0.3 is 0 Å². The second-order valence-corrected chi connectivity index (χ2v) is 8.54. The number of aromatic nitrogens is 4. The van der Waals surface area contributed by atoms with Gasteiger partial charge < -0.3 is 19.5 Å². The maximum Gasteiger partial charge on any atom is 0.227 e. The Morgan fingerprint density at radius 3 is 2.81 bits per heavy atom. The zero-order valence-corrected chi connectivity index (χ0v) is 18.6. The van der Waals surface area contributed by atoms with Crippen LogP contribution in [0.2, 0.25) is 0 Å². The number of anilines is 2. The number of piperidine rings is 1. The molecule has 3 aromatic rings. The molecule has 0 unspecified atom stereocenters. The first-order valence-corrected chi connectivity index (χ1v) is 11.7. The number of amides is 1. The van der Waals surface area contributed by atoms with E-state index in [-0.39, 0.29) is 11.8 Å². The summed E-state index contributed by atoms with van der Waals surface area (Å²) in [5, 5.41) is 3.06. The van der Waals surface area contributed by atoms with Crippen molar-refractivity contribution in [2.45, 2.75) is 52.0 Å². The molecule has 168 valence electrons. The number of hydrogen-bond donors (Lipinski definition) is 1. The molecule has 1 fully saturated rings. The normalized spacial score (nSPS) is 17.1. The van der Waals surface area contributed by atoms with E-state index in [1.807, 2.05) is 31.2 Å². The first-order valence-electron chi connectivity index (χ1n) is 11.7. The number of fused-ring (bicyclic) bond motifs is 3. The summed E-state index contributed by atoms with van der Waals surface area (Å²) in [4.78, 5) is 29.2. The lowest BCUT2D eigenvalue weighted by Crippen LogP contribution is -2.38. The molecule has 2 aliphatic heterocycles. The molecule has 0 bridgehead atoms. The number of hydrogen-bond acceptors (Lipinski definition) is 6. The van der Waals surface area contributed by atoms with E-state index >= 15 is 0 Å². The van der Waals surface area contributed by atoms with Crippen molar-refractivity contribution in [3.8, 4) is 5.75 Å². The molecule has 2 aromatic heterocycles. The van der Waals surface area contributed by atoms with Crippen LogP contribution in [0.15, 0.2) is 30.6 Å². The van der Waals surface area contributed by atoms with Gasteiger partial charge in [-0.3, -0.25) is 4.79 Å². The Balaban J connectivity index is 1.28. The molecule has 0 aliphatic carbocycles. The number of rotatable bonds is 5. The number of imidazole rings is 1. The number of aryl methyl sites for hydroxylation is 2. The van der Waals surface area contributed by atoms with Crippen molar-refractivity contribution >= 4 is 28.6 Å². The highest BCUT2D eigenvalue weighted by Crippen LogP contribution is 2.30. The Labute approximate surface area is 188 Å². The first kappa shape index (κ1) is 20.7. The van der Waals surface area contributed by atoms with Crippen molar-refractivity contribution in [1.82, 2.24) is 19.5 Å². The van der Waals surface area contributed by atoms with E-state index in [0.717, 1.165) is 67.4 Å². The standard InChI is InChI=1S/C24H30N6O2/c1-2-32-19-9-6-5-8-18(19)27-24(31)17-11-14-29(15-12-17)22-21-23(26-16-25-22)30-13-7-3-4-10-20(30)28-21/h5-6,8-9,16-17H,2-4,7,10-15H2,1H3,(H,27,31). The van der Waals surface area contributed by atoms with Crippen LogP contribution in [0.4, 0.5) is 11.5 Å². The SMILES string of the molecule is CCOc1ccccc1NC(=O)C1CCN(c2ncnc3c2nc2n3CCCCC2)CC1. The summed E-state index contributed by atoms with van der Waals surface area (Å²) < 4.78 is 7.90. The van der Waals surface area contributed by atoms with Gasteiger partial charge in [0.1, 0.15) is 17.9 Å². The van der Waals surface area contributed by atoms with E-state index in [9.17, 15) is 4.79 Å². The average molecular weight is 435 g/mol. The Morgan fingerprint density at radius 2 is 1.97 bits per heavy atom. The molecular weight excluding hydrogens is 404 g/mol. The highest BCUT2D eigenvalue weighted by molar-refractivity contribution is 5.94. The summed E-state index contributed by atoms with van der Waals surface area (Å²) in [5.41, 5.74) is 2.58. The van der Waals surface area contributed by atoms with E-state index in [1.165, 1.54) is 19.3 Å². The molecule has 5 rings (SSSR count). The molecule has 0 saturated carbocycles. The fraction of sp³-hybridized carbons (Fsp3) is 0.500. The predicted molar refractivity (Wildman–Crippen MR) is 124 cm³/mol. The summed E-state index contributed by atoms with van der Waals surface area (Å²) in [5.74, 6) is 2.76. The van der Waals surface area contributed by atoms with Crippen LogP contribution in [-0.2, 0) is 17.8 Å². The minimum Gasteiger partial charge on any atom is -0.492 e. The molecule has 8 nitrogen and oxygen atoms in total. The predicted octanol–water partition coefficient (Wildman–Crippen LogP) is 3.81. The Bertz CT molecular complexity index is 1100. The van der Waals surface area contributed by atoms with Gasteiger partial charge in [-0.15, -0.1) is 0 Å². The monoisotopic (exact) mass is 434 g/mol. The molecular formula is C24H30N6O2. The lowest BCUT2D eigenvalue weighted by atomic mass is 9.95. The first-order chi connectivity index (χ1) is 15.7. The minimum atomic E-state index is -0.0306. The third kappa shape index (κ3) is 4.01. The highest BCUT2D eigenvalue weighted by Gasteiger charge is 2.28. The second kappa shape index (κ2) is 9.14. The Morgan fingerprint density at radius 1 is 1.12 bits per heavy atom. The average Bonchev–Trinajstić information content (AvgIpc) is 3.01. The van der Waals surface area contributed by atoms with Crippen LogP contribution in [0.3, 0.4) is 0 Å². The van der Waals surface area contributed by atoms with Crippen molar-refractivity contribution in [1.29, 1.82) is 0 Å². The van der Waals surface area contributed by atoms with E-state index in [2.05, 4.69) is 24.8 Å². The van der Waals surface area contributed by atoms with Gasteiger partial charge in [0.2, 0.25) is 5.91 Å². The summed E-state index contributed by atoms with van der Waals surface area (Å²) in [6, 6.07) is 7.59. The third-order valence-electron chi connectivity index (χ3n) is 6.48. The van der Waals surface area contributed by atoms with E-state index < -0.39 is 0 Å². The quantitative estimate of drug-likeness (QED) is 0.657. The number of benzene rings is 1. The number of carbonyl (C=O) groups is 1. The van der Waals surface area contributed by atoms with Gasteiger partial charge in [-0.2, -0.15) is 0 Å². The number of nitrogens with one attached hydrogen (secondary N) is 1. The van der Waals surface area contributed by atoms with Crippen molar-refractivity contribution in [2.75, 3.05) is 29.9 Å². The summed E-state index contributed by atoms with van der Waals surface area (Å²) >= 11 is 0. The maximum atomic E-state index is 12.9. The van der Waals surface area contributed by atoms with E-state index in [1.54, 1.807) is 6.33 Å². The lowest BCUT2D eigenvalue weighted by molar-refractivity contribution is -0.120. The molecule has 4 heterocycles. The molecule has 32 heavy (non-hydrogen) atoms. The fourth-order valence-electron chi connectivity index (χ4n) is 4.80. The topological polar surface area (TPSA) is 85.2 Å². The molecule has 8 heteroatoms. The molecule has 1 N–H and O–H groups in total. The molecule has 0 radical (unpaired) electrons. The van der Waals surface area contributed by atoms with Gasteiger partial charge in [-0.1, -0.05) is 18.6 Å². The summed E-state index contributed by atoms with van der Waals surface area (Å²) in [7, 11) is 0. The van der Waals surface area contributed by atoms with Gasteiger partial charge in [0.15, 0.2) is 17.0 Å². The zero-order chi connectivity index (χ0) is 21.9. The number of nitrogens with zero attached hydrogens (tertiary/aromatic N) is 5. The van der Waals surface area contributed by atoms with Gasteiger partial charge in [0.25, 0.3) is 0 Å². The molecule has 2 aliphatic rings. The molecule has 1 aromatic carbocycles. The van der Waals surface area contributed by atoms with Crippen molar-refractivity contribution < 1.29 is 9.53 Å². The Kier molecular flexibility index (Phi) is 5.92. The van der Waals surface area contributed by atoms with Gasteiger partial charge in [0, 0.05) is 32.0 Å². The lowest BCUT2D eigenvalue weighted by Gasteiger charge is -2.32. The van der Waals surface area contributed by atoms with Crippen molar-refractivity contribution in [3.05, 3.63) is 36.4 Å². The zero-order valence-electron chi connectivity index (χ0n) is 18.6. The summed E-state index contributed by atoms with van der Waals surface area (Å²) in [6.07, 6.45) is 7.81. The molecule has 0 atom stereocenters. The van der Waals surface area contributed by atoms with Crippen molar-refractivity contribution in [2.24, 2.45) is 5.92 Å². The van der Waals surface area contributed by atoms with E-state index in [4.69, 9.17) is 9.72 Å². The number of carbonyl (C=O) groups excluding carboxylic acids is 1. The minimum absolute atomic E-state index is 0.0306. The van der Waals surface area contributed by atoms with Gasteiger partial charge in [-0.05, 0) is 44.7 Å².